The van der Waals surface area contributed by atoms with E-state index in [2.05, 4.69) is 27.4 Å². The van der Waals surface area contributed by atoms with E-state index in [1.807, 2.05) is 30.1 Å². The molecule has 1 saturated carbocycles. The third-order valence-corrected chi connectivity index (χ3v) is 4.48. The Morgan fingerprint density at radius 2 is 1.92 bits per heavy atom. The second-order valence-corrected chi connectivity index (χ2v) is 6.41. The topological polar surface area (TPSA) is 58.1 Å². The number of anilines is 1. The molecule has 1 aliphatic rings. The molecule has 5 nitrogen and oxygen atoms in total. The fraction of sp³-hybridized carbons (Fsp3) is 0.421. The Morgan fingerprint density at radius 1 is 1.17 bits per heavy atom. The van der Waals surface area contributed by atoms with Crippen LogP contribution in [0.2, 0.25) is 0 Å². The Kier molecular flexibility index (Phi) is 5.41. The summed E-state index contributed by atoms with van der Waals surface area (Å²) in [6.45, 7) is 0.738. The number of nitrogens with one attached hydrogen (secondary N) is 1. The van der Waals surface area contributed by atoms with Gasteiger partial charge in [-0.05, 0) is 18.4 Å². The van der Waals surface area contributed by atoms with Gasteiger partial charge in [0.05, 0.1) is 0 Å². The second-order valence-electron chi connectivity index (χ2n) is 6.41. The van der Waals surface area contributed by atoms with Crippen molar-refractivity contribution in [1.82, 2.24) is 15.3 Å². The average Bonchev–Trinajstić information content (AvgIpc) is 2.63. The van der Waals surface area contributed by atoms with Crippen LogP contribution in [0.15, 0.2) is 42.7 Å². The number of nitrogens with zero attached hydrogens (tertiary/aromatic N) is 3. The average molecular weight is 324 g/mol. The molecule has 1 N–H and O–H groups in total. The molecule has 0 aliphatic heterocycles. The summed E-state index contributed by atoms with van der Waals surface area (Å²) in [6, 6.07) is 12.2. The first-order chi connectivity index (χ1) is 11.7. The van der Waals surface area contributed by atoms with Crippen LogP contribution in [-0.2, 0) is 6.54 Å². The quantitative estimate of drug-likeness (QED) is 0.918. The van der Waals surface area contributed by atoms with Crippen LogP contribution >= 0.6 is 0 Å². The van der Waals surface area contributed by atoms with Crippen LogP contribution in [0.4, 0.5) is 5.82 Å². The summed E-state index contributed by atoms with van der Waals surface area (Å²) in [4.78, 5) is 22.9. The summed E-state index contributed by atoms with van der Waals surface area (Å²) in [5.74, 6) is 0.654. The smallest absolute Gasteiger partial charge is 0.270 e. The van der Waals surface area contributed by atoms with Gasteiger partial charge in [0.25, 0.3) is 5.91 Å². The van der Waals surface area contributed by atoms with Crippen molar-refractivity contribution in [2.24, 2.45) is 0 Å². The lowest BCUT2D eigenvalue weighted by molar-refractivity contribution is 0.0922. The van der Waals surface area contributed by atoms with Gasteiger partial charge in [-0.15, -0.1) is 0 Å². The zero-order valence-electron chi connectivity index (χ0n) is 14.1. The minimum Gasteiger partial charge on any atom is -0.355 e. The largest absolute Gasteiger partial charge is 0.355 e. The van der Waals surface area contributed by atoms with Gasteiger partial charge in [0, 0.05) is 25.7 Å². The van der Waals surface area contributed by atoms with Crippen molar-refractivity contribution >= 4 is 11.7 Å². The normalized spacial score (nSPS) is 15.0. The van der Waals surface area contributed by atoms with Crippen LogP contribution in [0.1, 0.15) is 48.2 Å². The van der Waals surface area contributed by atoms with Gasteiger partial charge in [-0.3, -0.25) is 4.79 Å². The van der Waals surface area contributed by atoms with Crippen molar-refractivity contribution in [3.63, 3.8) is 0 Å². The van der Waals surface area contributed by atoms with Crippen LogP contribution in [0.25, 0.3) is 0 Å². The number of rotatable bonds is 5. The molecule has 126 valence electrons. The van der Waals surface area contributed by atoms with Crippen LogP contribution in [-0.4, -0.2) is 29.0 Å². The minimum atomic E-state index is -0.0985. The van der Waals surface area contributed by atoms with E-state index in [0.717, 1.165) is 25.2 Å². The monoisotopic (exact) mass is 324 g/mol. The first-order valence-electron chi connectivity index (χ1n) is 8.60. The summed E-state index contributed by atoms with van der Waals surface area (Å²) in [5, 5.41) is 3.10. The van der Waals surface area contributed by atoms with E-state index in [1.54, 1.807) is 6.07 Å². The van der Waals surface area contributed by atoms with Crippen molar-refractivity contribution in [3.8, 4) is 0 Å². The van der Waals surface area contributed by atoms with E-state index in [4.69, 9.17) is 0 Å². The molecule has 1 amide bonds. The fourth-order valence-electron chi connectivity index (χ4n) is 3.12. The fourth-order valence-corrected chi connectivity index (χ4v) is 3.12. The highest BCUT2D eigenvalue weighted by Crippen LogP contribution is 2.18. The lowest BCUT2D eigenvalue weighted by Crippen LogP contribution is -2.36. The van der Waals surface area contributed by atoms with Crippen molar-refractivity contribution in [2.45, 2.75) is 44.7 Å². The van der Waals surface area contributed by atoms with E-state index in [-0.39, 0.29) is 11.9 Å². The van der Waals surface area contributed by atoms with E-state index >= 15 is 0 Å². The molecule has 1 aromatic heterocycles. The molecule has 1 fully saturated rings. The highest BCUT2D eigenvalue weighted by molar-refractivity contribution is 5.93. The van der Waals surface area contributed by atoms with Crippen LogP contribution in [0.5, 0.6) is 0 Å². The number of aromatic nitrogens is 2. The van der Waals surface area contributed by atoms with Crippen molar-refractivity contribution in [2.75, 3.05) is 11.9 Å². The first-order valence-corrected chi connectivity index (χ1v) is 8.60. The molecule has 3 rings (SSSR count). The SMILES string of the molecule is CN(Cc1ccccc1)c1cc(C(=O)NC2CCCCC2)ncn1. The first kappa shape index (κ1) is 16.4. The Bertz CT molecular complexity index is 668. The molecule has 0 spiro atoms. The van der Waals surface area contributed by atoms with E-state index < -0.39 is 0 Å². The predicted molar refractivity (Wildman–Crippen MR) is 94.9 cm³/mol. The van der Waals surface area contributed by atoms with Crippen LogP contribution < -0.4 is 10.2 Å². The summed E-state index contributed by atoms with van der Waals surface area (Å²) >= 11 is 0. The Labute approximate surface area is 143 Å². The van der Waals surface area contributed by atoms with Gasteiger partial charge in [0.2, 0.25) is 0 Å². The van der Waals surface area contributed by atoms with E-state index in [9.17, 15) is 4.79 Å². The maximum absolute atomic E-state index is 12.4. The molecule has 0 unspecified atom stereocenters. The summed E-state index contributed by atoms with van der Waals surface area (Å²) in [7, 11) is 1.97. The molecule has 0 radical (unpaired) electrons. The highest BCUT2D eigenvalue weighted by Gasteiger charge is 2.18. The molecule has 2 aromatic rings. The summed E-state index contributed by atoms with van der Waals surface area (Å²) < 4.78 is 0. The summed E-state index contributed by atoms with van der Waals surface area (Å²) in [6.07, 6.45) is 7.26. The lowest BCUT2D eigenvalue weighted by Gasteiger charge is -2.23. The van der Waals surface area contributed by atoms with Gasteiger partial charge < -0.3 is 10.2 Å². The molecule has 0 bridgehead atoms. The number of hydrogen-bond acceptors (Lipinski definition) is 4. The number of benzene rings is 1. The third-order valence-electron chi connectivity index (χ3n) is 4.48. The molecule has 0 atom stereocenters. The van der Waals surface area contributed by atoms with Crippen molar-refractivity contribution < 1.29 is 4.79 Å². The number of carbonyl (C=O) groups is 1. The van der Waals surface area contributed by atoms with Crippen LogP contribution in [0.3, 0.4) is 0 Å². The zero-order chi connectivity index (χ0) is 16.8. The highest BCUT2D eigenvalue weighted by atomic mass is 16.1. The van der Waals surface area contributed by atoms with E-state index in [1.165, 1.54) is 31.2 Å². The predicted octanol–water partition coefficient (Wildman–Crippen LogP) is 3.18. The second kappa shape index (κ2) is 7.90. The zero-order valence-corrected chi connectivity index (χ0v) is 14.1. The Balaban J connectivity index is 1.65. The van der Waals surface area contributed by atoms with Gasteiger partial charge >= 0.3 is 0 Å². The van der Waals surface area contributed by atoms with Gasteiger partial charge in [0.15, 0.2) is 0 Å². The minimum absolute atomic E-state index is 0.0985. The molecule has 5 heteroatoms. The van der Waals surface area contributed by atoms with Crippen molar-refractivity contribution in [3.05, 3.63) is 54.0 Å². The number of hydrogen-bond donors (Lipinski definition) is 1. The molecule has 24 heavy (non-hydrogen) atoms. The molecular formula is C19H24N4O. The third kappa shape index (κ3) is 4.31. The van der Waals surface area contributed by atoms with Crippen molar-refractivity contribution in [1.29, 1.82) is 0 Å². The Morgan fingerprint density at radius 3 is 2.67 bits per heavy atom. The van der Waals surface area contributed by atoms with Gasteiger partial charge in [-0.25, -0.2) is 9.97 Å². The number of carbonyl (C=O) groups excluding carboxylic acids is 1. The molecule has 1 aromatic carbocycles. The molecule has 1 heterocycles. The maximum atomic E-state index is 12.4. The Hall–Kier alpha value is -2.43. The van der Waals surface area contributed by atoms with E-state index in [0.29, 0.717) is 5.69 Å². The maximum Gasteiger partial charge on any atom is 0.270 e. The standard InChI is InChI=1S/C19H24N4O/c1-23(13-15-8-4-2-5-9-15)18-12-17(20-14-21-18)19(24)22-16-10-6-3-7-11-16/h2,4-5,8-9,12,14,16H,3,6-7,10-11,13H2,1H3,(H,22,24). The molecule has 0 saturated heterocycles. The lowest BCUT2D eigenvalue weighted by atomic mass is 9.95. The summed E-state index contributed by atoms with van der Waals surface area (Å²) in [5.41, 5.74) is 1.64. The van der Waals surface area contributed by atoms with Crippen LogP contribution in [0, 0.1) is 0 Å². The molecular weight excluding hydrogens is 300 g/mol. The van der Waals surface area contributed by atoms with Gasteiger partial charge in [0.1, 0.15) is 17.8 Å². The number of amides is 1. The molecule has 1 aliphatic carbocycles. The van der Waals surface area contributed by atoms with Gasteiger partial charge in [-0.1, -0.05) is 49.6 Å². The van der Waals surface area contributed by atoms with Gasteiger partial charge in [-0.2, -0.15) is 0 Å².